The molecule has 5 rings (SSSR count). The fourth-order valence-corrected chi connectivity index (χ4v) is 5.00. The number of carbonyl (C=O) groups is 4. The van der Waals surface area contributed by atoms with Crippen molar-refractivity contribution in [1.82, 2.24) is 15.1 Å². The number of amides is 4. The average Bonchev–Trinajstić information content (AvgIpc) is 2.88. The van der Waals surface area contributed by atoms with E-state index in [0.717, 1.165) is 29.8 Å². The second kappa shape index (κ2) is 7.28. The van der Waals surface area contributed by atoms with Gasteiger partial charge in [-0.25, -0.2) is 0 Å². The summed E-state index contributed by atoms with van der Waals surface area (Å²) in [5, 5.41) is 2.22. The smallest absolute Gasteiger partial charge is 0.262 e. The topological polar surface area (TPSA) is 113 Å². The van der Waals surface area contributed by atoms with Gasteiger partial charge in [0.15, 0.2) is 0 Å². The Bertz CT molecular complexity index is 935. The van der Waals surface area contributed by atoms with E-state index in [0.29, 0.717) is 23.2 Å². The summed E-state index contributed by atoms with van der Waals surface area (Å²) >= 11 is 0. The van der Waals surface area contributed by atoms with Crippen molar-refractivity contribution in [1.29, 1.82) is 0 Å². The zero-order chi connectivity index (χ0) is 21.0. The van der Waals surface area contributed by atoms with E-state index >= 15 is 0 Å². The molecule has 1 atom stereocenters. The normalized spacial score (nSPS) is 29.0. The first-order chi connectivity index (χ1) is 14.4. The fraction of sp³-hybridized carbons (Fsp3) is 0.545. The Labute approximate surface area is 174 Å². The van der Waals surface area contributed by atoms with E-state index in [1.165, 1.54) is 19.3 Å². The van der Waals surface area contributed by atoms with Gasteiger partial charge in [0.1, 0.15) is 6.04 Å². The number of nitrogens with zero attached hydrogens (tertiary/aromatic N) is 2. The van der Waals surface area contributed by atoms with Crippen molar-refractivity contribution in [3.8, 4) is 0 Å². The van der Waals surface area contributed by atoms with Crippen LogP contribution >= 0.6 is 0 Å². The highest BCUT2D eigenvalue weighted by Crippen LogP contribution is 2.35. The van der Waals surface area contributed by atoms with Crippen LogP contribution in [0.2, 0.25) is 0 Å². The van der Waals surface area contributed by atoms with Crippen molar-refractivity contribution in [2.75, 3.05) is 0 Å². The summed E-state index contributed by atoms with van der Waals surface area (Å²) in [4.78, 5) is 53.0. The number of hydrogen-bond acceptors (Lipinski definition) is 6. The summed E-state index contributed by atoms with van der Waals surface area (Å²) in [7, 11) is 0. The third-order valence-electron chi connectivity index (χ3n) is 7.03. The second-order valence-corrected chi connectivity index (χ2v) is 8.97. The van der Waals surface area contributed by atoms with Gasteiger partial charge in [0.05, 0.1) is 11.1 Å². The average molecular weight is 410 g/mol. The van der Waals surface area contributed by atoms with Crippen LogP contribution in [0.15, 0.2) is 18.2 Å². The van der Waals surface area contributed by atoms with Gasteiger partial charge in [-0.1, -0.05) is 12.5 Å². The van der Waals surface area contributed by atoms with Crippen molar-refractivity contribution < 1.29 is 19.2 Å². The zero-order valence-electron chi connectivity index (χ0n) is 16.8. The maximum atomic E-state index is 13.0. The van der Waals surface area contributed by atoms with Gasteiger partial charge in [-0.15, -0.1) is 0 Å². The highest BCUT2D eigenvalue weighted by atomic mass is 16.2. The lowest BCUT2D eigenvalue weighted by atomic mass is 9.81. The van der Waals surface area contributed by atoms with E-state index in [1.807, 2.05) is 6.07 Å². The summed E-state index contributed by atoms with van der Waals surface area (Å²) in [5.74, 6) is -1.87. The first-order valence-electron chi connectivity index (χ1n) is 10.8. The quantitative estimate of drug-likeness (QED) is 0.699. The first kappa shape index (κ1) is 19.4. The molecule has 1 aromatic carbocycles. The Morgan fingerprint density at radius 3 is 2.37 bits per heavy atom. The molecule has 0 spiro atoms. The van der Waals surface area contributed by atoms with Crippen molar-refractivity contribution in [3.05, 3.63) is 34.9 Å². The number of benzene rings is 1. The predicted molar refractivity (Wildman–Crippen MR) is 107 cm³/mol. The van der Waals surface area contributed by atoms with Gasteiger partial charge in [0, 0.05) is 31.1 Å². The van der Waals surface area contributed by atoms with Gasteiger partial charge >= 0.3 is 0 Å². The van der Waals surface area contributed by atoms with E-state index < -0.39 is 23.8 Å². The first-order valence-corrected chi connectivity index (χ1v) is 10.8. The van der Waals surface area contributed by atoms with Crippen LogP contribution in [0.25, 0.3) is 0 Å². The Balaban J connectivity index is 1.36. The summed E-state index contributed by atoms with van der Waals surface area (Å²) < 4.78 is 0. The highest BCUT2D eigenvalue weighted by Gasteiger charge is 2.45. The molecule has 4 aliphatic rings. The number of nitrogens with two attached hydrogens (primary N) is 1. The third kappa shape index (κ3) is 3.15. The molecule has 8 nitrogen and oxygen atoms in total. The molecule has 0 aromatic heterocycles. The van der Waals surface area contributed by atoms with Crippen molar-refractivity contribution in [2.45, 2.75) is 75.7 Å². The van der Waals surface area contributed by atoms with Crippen molar-refractivity contribution in [2.24, 2.45) is 5.73 Å². The Morgan fingerprint density at radius 1 is 1.00 bits per heavy atom. The van der Waals surface area contributed by atoms with Crippen LogP contribution < -0.4 is 11.1 Å². The molecule has 30 heavy (non-hydrogen) atoms. The van der Waals surface area contributed by atoms with E-state index in [2.05, 4.69) is 10.2 Å². The molecule has 1 unspecified atom stereocenters. The summed E-state index contributed by atoms with van der Waals surface area (Å²) in [5.41, 5.74) is 7.67. The summed E-state index contributed by atoms with van der Waals surface area (Å²) in [6.07, 6.45) is 5.92. The standard InChI is InChI=1S/C22H26N4O4/c23-13-9-15(10-13)25(14-2-1-3-14)11-12-4-5-16-17(8-12)22(30)26(21(16)29)18-6-7-19(27)24-20(18)28/h4-5,8,13-15,18H,1-3,6-7,9-11,23H2,(H,24,27,28). The number of fused-ring (bicyclic) bond motifs is 1. The molecule has 2 aliphatic heterocycles. The Kier molecular flexibility index (Phi) is 4.71. The van der Waals surface area contributed by atoms with Gasteiger partial charge in [-0.3, -0.25) is 34.3 Å². The molecule has 158 valence electrons. The number of hydrogen-bond donors (Lipinski definition) is 2. The molecule has 3 fully saturated rings. The Morgan fingerprint density at radius 2 is 1.73 bits per heavy atom. The number of carbonyl (C=O) groups excluding carboxylic acids is 4. The minimum absolute atomic E-state index is 0.120. The lowest BCUT2D eigenvalue weighted by Crippen LogP contribution is -2.55. The molecule has 4 amide bonds. The van der Waals surface area contributed by atoms with E-state index in [9.17, 15) is 19.2 Å². The maximum Gasteiger partial charge on any atom is 0.262 e. The predicted octanol–water partition coefficient (Wildman–Crippen LogP) is 0.932. The van der Waals surface area contributed by atoms with Gasteiger partial charge in [-0.05, 0) is 49.8 Å². The zero-order valence-corrected chi connectivity index (χ0v) is 16.8. The van der Waals surface area contributed by atoms with Crippen molar-refractivity contribution >= 4 is 23.6 Å². The van der Waals surface area contributed by atoms with Crippen LogP contribution in [0.4, 0.5) is 0 Å². The summed E-state index contributed by atoms with van der Waals surface area (Å²) in [6.45, 7) is 0.731. The van der Waals surface area contributed by atoms with Crippen LogP contribution in [0.1, 0.15) is 71.2 Å². The SMILES string of the molecule is NC1CC(N(Cc2ccc3c(c2)C(=O)N(C2CCC(=O)NC2=O)C3=O)C2CCC2)C1. The molecular formula is C22H26N4O4. The van der Waals surface area contributed by atoms with Crippen molar-refractivity contribution in [3.63, 3.8) is 0 Å². The molecule has 1 aromatic rings. The fourth-order valence-electron chi connectivity index (χ4n) is 5.00. The molecule has 2 heterocycles. The number of piperidine rings is 1. The molecule has 1 saturated heterocycles. The van der Waals surface area contributed by atoms with Crippen LogP contribution in [0.5, 0.6) is 0 Å². The van der Waals surface area contributed by atoms with Crippen LogP contribution in [-0.4, -0.2) is 57.6 Å². The number of rotatable bonds is 5. The van der Waals surface area contributed by atoms with Gasteiger partial charge < -0.3 is 5.73 Å². The minimum Gasteiger partial charge on any atom is -0.328 e. The molecule has 0 radical (unpaired) electrons. The lowest BCUT2D eigenvalue weighted by molar-refractivity contribution is -0.136. The lowest BCUT2D eigenvalue weighted by Gasteiger charge is -2.48. The van der Waals surface area contributed by atoms with Crippen LogP contribution in [0, 0.1) is 0 Å². The van der Waals surface area contributed by atoms with Gasteiger partial charge in [0.2, 0.25) is 11.8 Å². The number of nitrogens with one attached hydrogen (secondary N) is 1. The van der Waals surface area contributed by atoms with Crippen LogP contribution in [-0.2, 0) is 16.1 Å². The molecule has 3 N–H and O–H groups in total. The summed E-state index contributed by atoms with van der Waals surface area (Å²) in [6, 6.07) is 5.79. The molecule has 2 saturated carbocycles. The second-order valence-electron chi connectivity index (χ2n) is 8.97. The van der Waals surface area contributed by atoms with Gasteiger partial charge in [0.25, 0.3) is 11.8 Å². The molecule has 0 bridgehead atoms. The highest BCUT2D eigenvalue weighted by molar-refractivity contribution is 6.23. The van der Waals surface area contributed by atoms with Gasteiger partial charge in [-0.2, -0.15) is 0 Å². The number of imide groups is 2. The van der Waals surface area contributed by atoms with Crippen LogP contribution in [0.3, 0.4) is 0 Å². The minimum atomic E-state index is -0.929. The molecule has 8 heteroatoms. The van der Waals surface area contributed by atoms with E-state index in [1.54, 1.807) is 12.1 Å². The van der Waals surface area contributed by atoms with E-state index in [4.69, 9.17) is 5.73 Å². The monoisotopic (exact) mass is 410 g/mol. The third-order valence-corrected chi connectivity index (χ3v) is 7.03. The Hall–Kier alpha value is -2.58. The van der Waals surface area contributed by atoms with E-state index in [-0.39, 0.29) is 24.8 Å². The molecule has 2 aliphatic carbocycles. The maximum absolute atomic E-state index is 13.0. The largest absolute Gasteiger partial charge is 0.328 e. The molecular weight excluding hydrogens is 384 g/mol.